The molecule has 2 amide bonds. The molecule has 7 heteroatoms. The zero-order valence-electron chi connectivity index (χ0n) is 20.6. The maximum absolute atomic E-state index is 13.1. The number of carbonyl (C=O) groups is 3. The maximum Gasteiger partial charge on any atom is 0.306 e. The van der Waals surface area contributed by atoms with Gasteiger partial charge in [-0.2, -0.15) is 0 Å². The molecule has 3 N–H and O–H groups in total. The average Bonchev–Trinajstić information content (AvgIpc) is 2.89. The topological polar surface area (TPSA) is 105 Å². The van der Waals surface area contributed by atoms with E-state index in [1.165, 1.54) is 0 Å². The number of aliphatic hydroxyl groups excluding tert-OH is 1. The van der Waals surface area contributed by atoms with Gasteiger partial charge in [0, 0.05) is 12.8 Å². The number of carbonyl (C=O) groups excluding carboxylic acids is 3. The molecule has 192 valence electrons. The van der Waals surface area contributed by atoms with Gasteiger partial charge in [0.2, 0.25) is 11.8 Å². The van der Waals surface area contributed by atoms with Crippen LogP contribution in [0.1, 0.15) is 55.8 Å². The SMILES string of the molecule is O=C(CC1CC=CCCCCC(=O)OC(c2ccccc2)CNC1=O)NC(CO)Cc1ccccc1. The van der Waals surface area contributed by atoms with Gasteiger partial charge in [-0.05, 0) is 43.2 Å². The summed E-state index contributed by atoms with van der Waals surface area (Å²) < 4.78 is 5.69. The molecule has 0 radical (unpaired) electrons. The van der Waals surface area contributed by atoms with Gasteiger partial charge >= 0.3 is 5.97 Å². The average molecular weight is 493 g/mol. The van der Waals surface area contributed by atoms with Gasteiger partial charge in [-0.25, -0.2) is 0 Å². The van der Waals surface area contributed by atoms with E-state index < -0.39 is 18.1 Å². The Morgan fingerprint density at radius 1 is 1.03 bits per heavy atom. The monoisotopic (exact) mass is 492 g/mol. The second-order valence-electron chi connectivity index (χ2n) is 9.13. The number of hydrogen-bond donors (Lipinski definition) is 3. The van der Waals surface area contributed by atoms with Crippen molar-refractivity contribution < 1.29 is 24.2 Å². The molecule has 2 aromatic carbocycles. The Balaban J connectivity index is 1.66. The summed E-state index contributed by atoms with van der Waals surface area (Å²) in [6.07, 6.45) is 6.96. The van der Waals surface area contributed by atoms with E-state index in [4.69, 9.17) is 4.74 Å². The minimum absolute atomic E-state index is 0.00272. The number of esters is 1. The van der Waals surface area contributed by atoms with E-state index in [-0.39, 0.29) is 37.4 Å². The van der Waals surface area contributed by atoms with Crippen molar-refractivity contribution >= 4 is 17.8 Å². The normalized spacial score (nSPS) is 20.5. The van der Waals surface area contributed by atoms with Gasteiger partial charge in [0.05, 0.1) is 25.1 Å². The number of aliphatic hydroxyl groups is 1. The number of allylic oxidation sites excluding steroid dienone is 2. The number of ether oxygens (including phenoxy) is 1. The summed E-state index contributed by atoms with van der Waals surface area (Å²) in [4.78, 5) is 38.3. The van der Waals surface area contributed by atoms with Crippen molar-refractivity contribution in [3.8, 4) is 0 Å². The van der Waals surface area contributed by atoms with Crippen LogP contribution in [-0.4, -0.2) is 42.1 Å². The molecule has 2 aromatic rings. The summed E-state index contributed by atoms with van der Waals surface area (Å²) in [5.41, 5.74) is 1.82. The first-order valence-corrected chi connectivity index (χ1v) is 12.7. The molecule has 1 heterocycles. The molecule has 3 unspecified atom stereocenters. The van der Waals surface area contributed by atoms with Crippen LogP contribution < -0.4 is 10.6 Å². The molecule has 0 saturated heterocycles. The lowest BCUT2D eigenvalue weighted by molar-refractivity contribution is -0.150. The van der Waals surface area contributed by atoms with Crippen LogP contribution >= 0.6 is 0 Å². The van der Waals surface area contributed by atoms with Gasteiger partial charge in [0.15, 0.2) is 0 Å². The summed E-state index contributed by atoms with van der Waals surface area (Å²) in [6, 6.07) is 18.5. The predicted molar refractivity (Wildman–Crippen MR) is 138 cm³/mol. The highest BCUT2D eigenvalue weighted by Crippen LogP contribution is 2.20. The van der Waals surface area contributed by atoms with E-state index in [1.54, 1.807) is 0 Å². The summed E-state index contributed by atoms with van der Waals surface area (Å²) in [5.74, 6) is -1.42. The molecule has 1 aliphatic rings. The van der Waals surface area contributed by atoms with Crippen LogP contribution in [0, 0.1) is 5.92 Å². The Labute approximate surface area is 212 Å². The first-order valence-electron chi connectivity index (χ1n) is 12.7. The number of rotatable bonds is 7. The van der Waals surface area contributed by atoms with Crippen LogP contribution in [0.15, 0.2) is 72.8 Å². The standard InChI is InChI=1S/C29H36N2O5/c32-21-25(18-22-12-6-4-7-13-22)31-27(33)19-24-16-8-2-1-3-11-17-28(34)36-26(20-30-29(24)35)23-14-9-5-10-15-23/h2,4-10,12-15,24-26,32H,1,3,11,16-21H2,(H,30,35)(H,31,33). The number of nitrogens with one attached hydrogen (secondary N) is 2. The lowest BCUT2D eigenvalue weighted by Gasteiger charge is -2.22. The Morgan fingerprint density at radius 3 is 2.47 bits per heavy atom. The highest BCUT2D eigenvalue weighted by atomic mass is 16.5. The van der Waals surface area contributed by atoms with Gasteiger partial charge < -0.3 is 20.5 Å². The second kappa shape index (κ2) is 14.8. The number of amides is 2. The zero-order chi connectivity index (χ0) is 25.6. The molecule has 1 aliphatic heterocycles. The Morgan fingerprint density at radius 2 is 1.75 bits per heavy atom. The Kier molecular flexibility index (Phi) is 11.2. The largest absolute Gasteiger partial charge is 0.456 e. The third kappa shape index (κ3) is 9.30. The molecule has 7 nitrogen and oxygen atoms in total. The molecular weight excluding hydrogens is 456 g/mol. The first-order chi connectivity index (χ1) is 17.5. The fourth-order valence-corrected chi connectivity index (χ4v) is 4.21. The Hall–Kier alpha value is -3.45. The van der Waals surface area contributed by atoms with Crippen LogP contribution in [0.2, 0.25) is 0 Å². The van der Waals surface area contributed by atoms with Gasteiger partial charge in [-0.3, -0.25) is 14.4 Å². The smallest absolute Gasteiger partial charge is 0.306 e. The predicted octanol–water partition coefficient (Wildman–Crippen LogP) is 3.63. The highest BCUT2D eigenvalue weighted by Gasteiger charge is 2.25. The number of hydrogen-bond acceptors (Lipinski definition) is 5. The van der Waals surface area contributed by atoms with Crippen molar-refractivity contribution in [2.75, 3.05) is 13.2 Å². The zero-order valence-corrected chi connectivity index (χ0v) is 20.6. The van der Waals surface area contributed by atoms with E-state index in [0.717, 1.165) is 30.4 Å². The second-order valence-corrected chi connectivity index (χ2v) is 9.13. The van der Waals surface area contributed by atoms with Crippen molar-refractivity contribution in [3.05, 3.63) is 83.9 Å². The number of cyclic esters (lactones) is 1. The van der Waals surface area contributed by atoms with Gasteiger partial charge in [0.1, 0.15) is 6.10 Å². The van der Waals surface area contributed by atoms with Crippen LogP contribution in [0.25, 0.3) is 0 Å². The van der Waals surface area contributed by atoms with Crippen LogP contribution in [0.4, 0.5) is 0 Å². The van der Waals surface area contributed by atoms with E-state index in [0.29, 0.717) is 19.3 Å². The Bertz CT molecular complexity index is 993. The van der Waals surface area contributed by atoms with Crippen molar-refractivity contribution in [2.45, 2.75) is 57.1 Å². The van der Waals surface area contributed by atoms with Crippen molar-refractivity contribution in [1.82, 2.24) is 10.6 Å². The van der Waals surface area contributed by atoms with Crippen molar-refractivity contribution in [3.63, 3.8) is 0 Å². The van der Waals surface area contributed by atoms with Crippen molar-refractivity contribution in [1.29, 1.82) is 0 Å². The summed E-state index contributed by atoms with van der Waals surface area (Å²) in [5, 5.41) is 15.5. The highest BCUT2D eigenvalue weighted by molar-refractivity contribution is 5.86. The quantitative estimate of drug-likeness (QED) is 0.404. The third-order valence-electron chi connectivity index (χ3n) is 6.21. The van der Waals surface area contributed by atoms with Crippen molar-refractivity contribution in [2.24, 2.45) is 5.92 Å². The fourth-order valence-electron chi connectivity index (χ4n) is 4.21. The first kappa shape index (κ1) is 27.1. The maximum atomic E-state index is 13.1. The fraction of sp³-hybridized carbons (Fsp3) is 0.414. The summed E-state index contributed by atoms with van der Waals surface area (Å²) in [6.45, 7) is -0.0643. The van der Waals surface area contributed by atoms with E-state index >= 15 is 0 Å². The number of benzene rings is 2. The van der Waals surface area contributed by atoms with Crippen LogP contribution in [-0.2, 0) is 25.5 Å². The summed E-state index contributed by atoms with van der Waals surface area (Å²) >= 11 is 0. The molecule has 0 aromatic heterocycles. The van der Waals surface area contributed by atoms with Gasteiger partial charge in [0.25, 0.3) is 0 Å². The minimum Gasteiger partial charge on any atom is -0.456 e. The molecular formula is C29H36N2O5. The lowest BCUT2D eigenvalue weighted by atomic mass is 9.98. The summed E-state index contributed by atoms with van der Waals surface area (Å²) in [7, 11) is 0. The lowest BCUT2D eigenvalue weighted by Crippen LogP contribution is -2.42. The third-order valence-corrected chi connectivity index (χ3v) is 6.21. The molecule has 3 atom stereocenters. The molecule has 0 saturated carbocycles. The van der Waals surface area contributed by atoms with Gasteiger partial charge in [-0.15, -0.1) is 0 Å². The molecule has 0 bridgehead atoms. The van der Waals surface area contributed by atoms with Crippen LogP contribution in [0.3, 0.4) is 0 Å². The molecule has 36 heavy (non-hydrogen) atoms. The van der Waals surface area contributed by atoms with E-state index in [1.807, 2.05) is 72.8 Å². The van der Waals surface area contributed by atoms with Gasteiger partial charge in [-0.1, -0.05) is 72.8 Å². The van der Waals surface area contributed by atoms with E-state index in [9.17, 15) is 19.5 Å². The molecule has 0 aliphatic carbocycles. The molecule has 0 spiro atoms. The molecule has 0 fully saturated rings. The minimum atomic E-state index is -0.597. The molecule has 3 rings (SSSR count). The van der Waals surface area contributed by atoms with E-state index in [2.05, 4.69) is 10.6 Å². The van der Waals surface area contributed by atoms with Crippen LogP contribution in [0.5, 0.6) is 0 Å².